The summed E-state index contributed by atoms with van der Waals surface area (Å²) in [5.41, 5.74) is 1.82. The molecule has 3 amide bonds. The maximum Gasteiger partial charge on any atom is 0.325 e. The van der Waals surface area contributed by atoms with Crippen LogP contribution in [0.1, 0.15) is 5.69 Å². The van der Waals surface area contributed by atoms with Crippen molar-refractivity contribution in [2.45, 2.75) is 6.42 Å². The maximum atomic E-state index is 12.1. The van der Waals surface area contributed by atoms with E-state index in [-0.39, 0.29) is 12.3 Å². The van der Waals surface area contributed by atoms with Gasteiger partial charge in [0.25, 0.3) is 0 Å². The number of rotatable bonds is 5. The molecule has 3 aromatic rings. The van der Waals surface area contributed by atoms with Crippen LogP contribution < -0.4 is 16.0 Å². The summed E-state index contributed by atoms with van der Waals surface area (Å²) in [5, 5.41) is 11.4. The number of carbonyl (C=O) groups excluding carboxylic acids is 2. The van der Waals surface area contributed by atoms with Gasteiger partial charge in [0, 0.05) is 26.8 Å². The van der Waals surface area contributed by atoms with Crippen LogP contribution in [0.4, 0.5) is 21.3 Å². The predicted molar refractivity (Wildman–Crippen MR) is 110 cm³/mol. The number of carbonyl (C=O) groups is 2. The van der Waals surface area contributed by atoms with E-state index in [4.69, 9.17) is 23.2 Å². The van der Waals surface area contributed by atoms with Crippen LogP contribution >= 0.6 is 34.5 Å². The second-order valence-electron chi connectivity index (χ2n) is 5.46. The number of amides is 3. The zero-order valence-electron chi connectivity index (χ0n) is 13.8. The summed E-state index contributed by atoms with van der Waals surface area (Å²) in [4.78, 5) is 28.3. The van der Waals surface area contributed by atoms with Gasteiger partial charge in [-0.3, -0.25) is 10.1 Å². The van der Waals surface area contributed by atoms with Crippen molar-refractivity contribution in [3.8, 4) is 0 Å². The fraction of sp³-hybridized carbons (Fsp3) is 0.0556. The Balaban J connectivity index is 1.51. The summed E-state index contributed by atoms with van der Waals surface area (Å²) in [6, 6.07) is 13.1. The van der Waals surface area contributed by atoms with Gasteiger partial charge in [0.05, 0.1) is 12.1 Å². The Hall–Kier alpha value is -2.61. The molecule has 138 valence electrons. The summed E-state index contributed by atoms with van der Waals surface area (Å²) in [6.07, 6.45) is 0.0968. The third-order valence-corrected chi connectivity index (χ3v) is 4.65. The van der Waals surface area contributed by atoms with Gasteiger partial charge >= 0.3 is 6.03 Å². The van der Waals surface area contributed by atoms with Crippen LogP contribution in [0.2, 0.25) is 10.0 Å². The lowest BCUT2D eigenvalue weighted by Crippen LogP contribution is -2.19. The average Bonchev–Trinajstić information content (AvgIpc) is 3.05. The molecule has 1 heterocycles. The summed E-state index contributed by atoms with van der Waals surface area (Å²) >= 11 is 12.9. The van der Waals surface area contributed by atoms with Gasteiger partial charge in [-0.25, -0.2) is 9.78 Å². The first-order chi connectivity index (χ1) is 13.0. The molecule has 6 nitrogen and oxygen atoms in total. The normalized spacial score (nSPS) is 10.3. The molecule has 0 spiro atoms. The molecule has 0 saturated carbocycles. The lowest BCUT2D eigenvalue weighted by Gasteiger charge is -2.05. The van der Waals surface area contributed by atoms with Gasteiger partial charge < -0.3 is 10.6 Å². The van der Waals surface area contributed by atoms with Crippen molar-refractivity contribution >= 4 is 63.0 Å². The second kappa shape index (κ2) is 8.85. The second-order valence-corrected chi connectivity index (χ2v) is 7.19. The van der Waals surface area contributed by atoms with E-state index in [1.54, 1.807) is 53.9 Å². The Kier molecular flexibility index (Phi) is 6.28. The third kappa shape index (κ3) is 5.96. The van der Waals surface area contributed by atoms with Crippen molar-refractivity contribution in [2.75, 3.05) is 16.0 Å². The van der Waals surface area contributed by atoms with E-state index in [9.17, 15) is 9.59 Å². The van der Waals surface area contributed by atoms with Gasteiger partial charge in [-0.2, -0.15) is 0 Å². The number of urea groups is 1. The number of anilines is 3. The molecule has 3 N–H and O–H groups in total. The number of aromatic nitrogens is 1. The zero-order chi connectivity index (χ0) is 19.2. The number of nitrogens with one attached hydrogen (secondary N) is 3. The Morgan fingerprint density at radius 1 is 0.852 bits per heavy atom. The molecule has 3 rings (SSSR count). The summed E-state index contributed by atoms with van der Waals surface area (Å²) in [5.74, 6) is -0.209. The molecule has 2 aromatic carbocycles. The van der Waals surface area contributed by atoms with E-state index >= 15 is 0 Å². The molecule has 0 fully saturated rings. The molecular formula is C18H14Cl2N4O2S. The van der Waals surface area contributed by atoms with Crippen LogP contribution in [0.25, 0.3) is 0 Å². The SMILES string of the molecule is O=C(Cc1csc(NC(=O)Nc2ccc(Cl)cc2)n1)Nc1ccc(Cl)cc1. The minimum absolute atomic E-state index is 0.0968. The van der Waals surface area contributed by atoms with Crippen molar-refractivity contribution < 1.29 is 9.59 Å². The van der Waals surface area contributed by atoms with Crippen LogP contribution in [-0.2, 0) is 11.2 Å². The van der Waals surface area contributed by atoms with Crippen molar-refractivity contribution in [3.63, 3.8) is 0 Å². The van der Waals surface area contributed by atoms with E-state index in [1.807, 2.05) is 0 Å². The zero-order valence-corrected chi connectivity index (χ0v) is 16.2. The number of hydrogen-bond acceptors (Lipinski definition) is 4. The van der Waals surface area contributed by atoms with Crippen molar-refractivity contribution in [2.24, 2.45) is 0 Å². The van der Waals surface area contributed by atoms with Gasteiger partial charge in [0.2, 0.25) is 5.91 Å². The molecule has 9 heteroatoms. The fourth-order valence-corrected chi connectivity index (χ4v) is 3.10. The van der Waals surface area contributed by atoms with Crippen LogP contribution in [0.15, 0.2) is 53.9 Å². The van der Waals surface area contributed by atoms with Crippen LogP contribution in [0, 0.1) is 0 Å². The Morgan fingerprint density at radius 3 is 2.00 bits per heavy atom. The van der Waals surface area contributed by atoms with E-state index in [1.165, 1.54) is 11.3 Å². The topological polar surface area (TPSA) is 83.1 Å². The Morgan fingerprint density at radius 2 is 1.41 bits per heavy atom. The number of thiazole rings is 1. The van der Waals surface area contributed by atoms with Gasteiger partial charge in [0.15, 0.2) is 5.13 Å². The van der Waals surface area contributed by atoms with E-state index in [0.717, 1.165) is 0 Å². The number of nitrogens with zero attached hydrogens (tertiary/aromatic N) is 1. The molecule has 0 aliphatic rings. The molecule has 0 bridgehead atoms. The fourth-order valence-electron chi connectivity index (χ4n) is 2.14. The summed E-state index contributed by atoms with van der Waals surface area (Å²) in [7, 11) is 0. The molecular weight excluding hydrogens is 407 g/mol. The first-order valence-corrected chi connectivity index (χ1v) is 9.45. The molecule has 27 heavy (non-hydrogen) atoms. The molecule has 1 aromatic heterocycles. The molecule has 0 aliphatic carbocycles. The highest BCUT2D eigenvalue weighted by atomic mass is 35.5. The standard InChI is InChI=1S/C18H14Cl2N4O2S/c19-11-1-5-13(6-2-11)21-16(25)9-15-10-27-18(23-15)24-17(26)22-14-7-3-12(20)4-8-14/h1-8,10H,9H2,(H,21,25)(H2,22,23,24,26). The molecule has 0 radical (unpaired) electrons. The Labute approximate surface area is 169 Å². The lowest BCUT2D eigenvalue weighted by atomic mass is 10.3. The average molecular weight is 421 g/mol. The highest BCUT2D eigenvalue weighted by Gasteiger charge is 2.10. The predicted octanol–water partition coefficient (Wildman–Crippen LogP) is 5.28. The summed E-state index contributed by atoms with van der Waals surface area (Å²) < 4.78 is 0. The third-order valence-electron chi connectivity index (χ3n) is 3.34. The van der Waals surface area contributed by atoms with Gasteiger partial charge in [0.1, 0.15) is 0 Å². The van der Waals surface area contributed by atoms with Crippen molar-refractivity contribution in [1.29, 1.82) is 0 Å². The largest absolute Gasteiger partial charge is 0.326 e. The lowest BCUT2D eigenvalue weighted by molar-refractivity contribution is -0.115. The first-order valence-electron chi connectivity index (χ1n) is 7.81. The van der Waals surface area contributed by atoms with Crippen LogP contribution in [0.3, 0.4) is 0 Å². The highest BCUT2D eigenvalue weighted by molar-refractivity contribution is 7.14. The molecule has 0 atom stereocenters. The maximum absolute atomic E-state index is 12.1. The number of halogens is 2. The minimum Gasteiger partial charge on any atom is -0.326 e. The van der Waals surface area contributed by atoms with E-state index in [0.29, 0.717) is 32.2 Å². The molecule has 0 saturated heterocycles. The number of benzene rings is 2. The van der Waals surface area contributed by atoms with Crippen molar-refractivity contribution in [3.05, 3.63) is 69.7 Å². The van der Waals surface area contributed by atoms with Gasteiger partial charge in [-0.15, -0.1) is 11.3 Å². The monoisotopic (exact) mass is 420 g/mol. The highest BCUT2D eigenvalue weighted by Crippen LogP contribution is 2.18. The smallest absolute Gasteiger partial charge is 0.325 e. The number of hydrogen-bond donors (Lipinski definition) is 3. The first kappa shape index (κ1) is 19.2. The molecule has 0 unspecified atom stereocenters. The molecule has 0 aliphatic heterocycles. The Bertz CT molecular complexity index is 867. The van der Waals surface area contributed by atoms with E-state index in [2.05, 4.69) is 20.9 Å². The van der Waals surface area contributed by atoms with Gasteiger partial charge in [-0.1, -0.05) is 23.2 Å². The summed E-state index contributed by atoms with van der Waals surface area (Å²) in [6.45, 7) is 0. The van der Waals surface area contributed by atoms with Crippen LogP contribution in [0.5, 0.6) is 0 Å². The van der Waals surface area contributed by atoms with Crippen LogP contribution in [-0.4, -0.2) is 16.9 Å². The van der Waals surface area contributed by atoms with Gasteiger partial charge in [-0.05, 0) is 48.5 Å². The van der Waals surface area contributed by atoms with Crippen molar-refractivity contribution in [1.82, 2.24) is 4.98 Å². The van der Waals surface area contributed by atoms with E-state index < -0.39 is 6.03 Å². The minimum atomic E-state index is -0.427. The quantitative estimate of drug-likeness (QED) is 0.525.